The molecule has 1 amide bonds. The van der Waals surface area contributed by atoms with Crippen LogP contribution in [0.25, 0.3) is 0 Å². The minimum atomic E-state index is -4.74. The molecule has 1 atom stereocenters. The lowest BCUT2D eigenvalue weighted by Gasteiger charge is -2.25. The van der Waals surface area contributed by atoms with Crippen LogP contribution >= 0.6 is 11.8 Å². The van der Waals surface area contributed by atoms with Crippen molar-refractivity contribution in [2.75, 3.05) is 20.0 Å². The number of para-hydroxylation sites is 1. The van der Waals surface area contributed by atoms with Crippen LogP contribution in [0.15, 0.2) is 42.5 Å². The van der Waals surface area contributed by atoms with Crippen LogP contribution in [0, 0.1) is 0 Å². The van der Waals surface area contributed by atoms with Crippen molar-refractivity contribution in [3.8, 4) is 17.2 Å². The number of hydrogen-bond donors (Lipinski definition) is 0. The highest BCUT2D eigenvalue weighted by Crippen LogP contribution is 2.42. The number of carbonyl (C=O) groups is 1. The number of carbonyl (C=O) groups excluding carboxylic acids is 1. The summed E-state index contributed by atoms with van der Waals surface area (Å²) in [6.07, 6.45) is -4.74. The van der Waals surface area contributed by atoms with Gasteiger partial charge in [-0.05, 0) is 23.8 Å². The topological polar surface area (TPSA) is 48.0 Å². The van der Waals surface area contributed by atoms with E-state index in [0.717, 1.165) is 5.56 Å². The molecule has 1 unspecified atom stereocenters. The quantitative estimate of drug-likeness (QED) is 0.704. The number of halogens is 3. The maximum atomic E-state index is 12.4. The molecule has 0 spiro atoms. The molecule has 1 aliphatic heterocycles. The van der Waals surface area contributed by atoms with E-state index in [1.165, 1.54) is 50.2 Å². The third-order valence-electron chi connectivity index (χ3n) is 4.19. The van der Waals surface area contributed by atoms with E-state index in [1.54, 1.807) is 11.0 Å². The zero-order valence-corrected chi connectivity index (χ0v) is 16.0. The van der Waals surface area contributed by atoms with Gasteiger partial charge in [0.15, 0.2) is 11.5 Å². The second-order valence-corrected chi connectivity index (χ2v) is 7.02. The summed E-state index contributed by atoms with van der Waals surface area (Å²) in [5, 5.41) is -0.316. The van der Waals surface area contributed by atoms with E-state index < -0.39 is 6.36 Å². The van der Waals surface area contributed by atoms with Gasteiger partial charge in [0, 0.05) is 5.56 Å². The van der Waals surface area contributed by atoms with Crippen LogP contribution < -0.4 is 14.2 Å². The van der Waals surface area contributed by atoms with Gasteiger partial charge in [-0.25, -0.2) is 0 Å². The average Bonchev–Trinajstić information content (AvgIpc) is 3.01. The maximum absolute atomic E-state index is 12.4. The monoisotopic (exact) mass is 413 g/mol. The van der Waals surface area contributed by atoms with Crippen molar-refractivity contribution in [1.29, 1.82) is 0 Å². The van der Waals surface area contributed by atoms with Crippen molar-refractivity contribution < 1.29 is 32.2 Å². The largest absolute Gasteiger partial charge is 0.573 e. The van der Waals surface area contributed by atoms with Gasteiger partial charge in [-0.3, -0.25) is 4.79 Å². The van der Waals surface area contributed by atoms with Gasteiger partial charge in [-0.2, -0.15) is 0 Å². The number of hydrogen-bond acceptors (Lipinski definition) is 5. The molecule has 2 aromatic carbocycles. The molecule has 150 valence electrons. The summed E-state index contributed by atoms with van der Waals surface area (Å²) >= 11 is 1.41. The molecule has 28 heavy (non-hydrogen) atoms. The van der Waals surface area contributed by atoms with Gasteiger partial charge < -0.3 is 19.1 Å². The van der Waals surface area contributed by atoms with Crippen LogP contribution in [0.2, 0.25) is 0 Å². The Morgan fingerprint density at radius 2 is 1.82 bits per heavy atom. The van der Waals surface area contributed by atoms with Gasteiger partial charge in [0.2, 0.25) is 5.91 Å². The fourth-order valence-electron chi connectivity index (χ4n) is 3.00. The summed E-state index contributed by atoms with van der Waals surface area (Å²) in [7, 11) is 3.06. The predicted molar refractivity (Wildman–Crippen MR) is 98.4 cm³/mol. The molecular weight excluding hydrogens is 395 g/mol. The highest BCUT2D eigenvalue weighted by molar-refractivity contribution is 8.00. The lowest BCUT2D eigenvalue weighted by molar-refractivity contribution is -0.274. The Morgan fingerprint density at radius 1 is 1.11 bits per heavy atom. The molecule has 5 nitrogen and oxygen atoms in total. The van der Waals surface area contributed by atoms with E-state index in [1.807, 2.05) is 12.1 Å². The first kappa shape index (κ1) is 20.2. The van der Waals surface area contributed by atoms with Crippen LogP contribution in [0.3, 0.4) is 0 Å². The van der Waals surface area contributed by atoms with Crippen LogP contribution in [0.5, 0.6) is 17.2 Å². The van der Waals surface area contributed by atoms with Gasteiger partial charge in [-0.15, -0.1) is 24.9 Å². The number of rotatable bonds is 6. The van der Waals surface area contributed by atoms with Crippen molar-refractivity contribution in [1.82, 2.24) is 4.90 Å². The standard InChI is InChI=1S/C19H18F3NO4S/c1-25-15-5-3-4-13(17(15)26-2)10-23-16(24)11-28-18(23)12-6-8-14(9-7-12)27-19(20,21)22/h3-9,18H,10-11H2,1-2H3. The average molecular weight is 413 g/mol. The number of ether oxygens (including phenoxy) is 3. The molecular formula is C19H18F3NO4S. The second-order valence-electron chi connectivity index (χ2n) is 5.95. The van der Waals surface area contributed by atoms with Crippen LogP contribution in [0.1, 0.15) is 16.5 Å². The summed E-state index contributed by atoms with van der Waals surface area (Å²) in [4.78, 5) is 14.1. The van der Waals surface area contributed by atoms with E-state index in [-0.39, 0.29) is 29.3 Å². The van der Waals surface area contributed by atoms with E-state index in [4.69, 9.17) is 9.47 Å². The molecule has 3 rings (SSSR count). The lowest BCUT2D eigenvalue weighted by atomic mass is 10.1. The molecule has 2 aromatic rings. The SMILES string of the molecule is COc1cccc(CN2C(=O)CSC2c2ccc(OC(F)(F)F)cc2)c1OC. The Hall–Kier alpha value is -2.55. The summed E-state index contributed by atoms with van der Waals surface area (Å²) in [5.74, 6) is 1.03. The van der Waals surface area contributed by atoms with E-state index in [9.17, 15) is 18.0 Å². The molecule has 0 aromatic heterocycles. The normalized spacial score (nSPS) is 17.0. The molecule has 1 heterocycles. The predicted octanol–water partition coefficient (Wildman–Crippen LogP) is 4.38. The van der Waals surface area contributed by atoms with E-state index >= 15 is 0 Å². The highest BCUT2D eigenvalue weighted by atomic mass is 32.2. The summed E-state index contributed by atoms with van der Waals surface area (Å²) in [5.41, 5.74) is 1.49. The fourth-order valence-corrected chi connectivity index (χ4v) is 4.18. The van der Waals surface area contributed by atoms with Gasteiger partial charge >= 0.3 is 6.36 Å². The van der Waals surface area contributed by atoms with Gasteiger partial charge in [0.05, 0.1) is 26.5 Å². The molecule has 0 N–H and O–H groups in total. The molecule has 0 radical (unpaired) electrons. The summed E-state index contributed by atoms with van der Waals surface area (Å²) in [6, 6.07) is 11.0. The van der Waals surface area contributed by atoms with Crippen molar-refractivity contribution in [3.63, 3.8) is 0 Å². The number of nitrogens with zero attached hydrogens (tertiary/aromatic N) is 1. The van der Waals surface area contributed by atoms with Crippen LogP contribution in [0.4, 0.5) is 13.2 Å². The third-order valence-corrected chi connectivity index (χ3v) is 5.45. The smallest absolute Gasteiger partial charge is 0.493 e. The van der Waals surface area contributed by atoms with Crippen LogP contribution in [-0.4, -0.2) is 37.1 Å². The first-order valence-electron chi connectivity index (χ1n) is 8.29. The number of thioether (sulfide) groups is 1. The van der Waals surface area contributed by atoms with Crippen molar-refractivity contribution in [2.24, 2.45) is 0 Å². The first-order valence-corrected chi connectivity index (χ1v) is 9.34. The molecule has 0 bridgehead atoms. The zero-order chi connectivity index (χ0) is 20.3. The Kier molecular flexibility index (Phi) is 5.93. The van der Waals surface area contributed by atoms with E-state index in [0.29, 0.717) is 17.1 Å². The number of amides is 1. The molecule has 0 saturated carbocycles. The maximum Gasteiger partial charge on any atom is 0.573 e. The van der Waals surface area contributed by atoms with Crippen LogP contribution in [-0.2, 0) is 11.3 Å². The summed E-state index contributed by atoms with van der Waals surface area (Å²) < 4.78 is 51.6. The molecule has 1 saturated heterocycles. The first-order chi connectivity index (χ1) is 13.3. The van der Waals surface area contributed by atoms with Gasteiger partial charge in [-0.1, -0.05) is 24.3 Å². The zero-order valence-electron chi connectivity index (χ0n) is 15.2. The fraction of sp³-hybridized carbons (Fsp3) is 0.316. The Morgan fingerprint density at radius 3 is 2.43 bits per heavy atom. The lowest BCUT2D eigenvalue weighted by Crippen LogP contribution is -2.28. The Bertz CT molecular complexity index is 842. The second kappa shape index (κ2) is 8.22. The molecule has 1 fully saturated rings. The number of benzene rings is 2. The molecule has 9 heteroatoms. The van der Waals surface area contributed by atoms with Crippen molar-refractivity contribution in [2.45, 2.75) is 18.3 Å². The van der Waals surface area contributed by atoms with Crippen molar-refractivity contribution >= 4 is 17.7 Å². The number of methoxy groups -OCH3 is 2. The minimum absolute atomic E-state index is 0.0597. The van der Waals surface area contributed by atoms with Gasteiger partial charge in [0.25, 0.3) is 0 Å². The van der Waals surface area contributed by atoms with E-state index in [2.05, 4.69) is 4.74 Å². The van der Waals surface area contributed by atoms with Crippen molar-refractivity contribution in [3.05, 3.63) is 53.6 Å². The third kappa shape index (κ3) is 4.46. The summed E-state index contributed by atoms with van der Waals surface area (Å²) in [6.45, 7) is 0.289. The molecule has 0 aliphatic carbocycles. The minimum Gasteiger partial charge on any atom is -0.493 e. The highest BCUT2D eigenvalue weighted by Gasteiger charge is 2.34. The molecule has 1 aliphatic rings. The van der Waals surface area contributed by atoms with Gasteiger partial charge in [0.1, 0.15) is 11.1 Å². The number of alkyl halides is 3. The Labute approximate surface area is 164 Å². The Balaban J connectivity index is 1.83.